The van der Waals surface area contributed by atoms with Crippen LogP contribution in [0, 0.1) is 0 Å². The molecule has 4 N–H and O–H groups in total. The van der Waals surface area contributed by atoms with Crippen molar-refractivity contribution >= 4 is 46.1 Å². The van der Waals surface area contributed by atoms with Crippen molar-refractivity contribution in [3.05, 3.63) is 30.1 Å². The van der Waals surface area contributed by atoms with E-state index in [0.29, 0.717) is 33.9 Å². The van der Waals surface area contributed by atoms with E-state index >= 15 is 0 Å². The Morgan fingerprint density at radius 3 is 2.17 bits per heavy atom. The van der Waals surface area contributed by atoms with Crippen LogP contribution in [0.3, 0.4) is 0 Å². The molecule has 0 bridgehead atoms. The molecule has 0 saturated heterocycles. The fourth-order valence-corrected chi connectivity index (χ4v) is 1.90. The maximum Gasteiger partial charge on any atom is 0.186 e. The average molecular weight is 352 g/mol. The molecular weight excluding hydrogens is 330 g/mol. The molecule has 0 aliphatic heterocycles. The van der Waals surface area contributed by atoms with Gasteiger partial charge in [0.1, 0.15) is 5.71 Å². The molecule has 0 unspecified atom stereocenters. The standard InChI is InChI=1S/C14H21N7S2/c1-4-15-13(22)20-18-10(3)12(11-8-6-7-9-17-11)19-21-14(23)16-5-2/h6-9H,4-5H2,1-3H3,(H2,15,20,22)(H2,16,21,23)/b18-10+,19-12+. The molecule has 1 aromatic heterocycles. The lowest BCUT2D eigenvalue weighted by atomic mass is 10.2. The lowest BCUT2D eigenvalue weighted by Gasteiger charge is -2.09. The Bertz CT molecular complexity index is 584. The highest BCUT2D eigenvalue weighted by atomic mass is 32.1. The fraction of sp³-hybridized carbons (Fsp3) is 0.357. The maximum atomic E-state index is 5.11. The van der Waals surface area contributed by atoms with E-state index in [-0.39, 0.29) is 0 Å². The smallest absolute Gasteiger partial charge is 0.186 e. The molecule has 7 nitrogen and oxygen atoms in total. The van der Waals surface area contributed by atoms with Gasteiger partial charge in [0.15, 0.2) is 10.2 Å². The average Bonchev–Trinajstić information content (AvgIpc) is 2.54. The van der Waals surface area contributed by atoms with Crippen LogP contribution in [-0.2, 0) is 0 Å². The summed E-state index contributed by atoms with van der Waals surface area (Å²) in [5, 5.41) is 15.3. The summed E-state index contributed by atoms with van der Waals surface area (Å²) in [6, 6.07) is 5.56. The zero-order valence-electron chi connectivity index (χ0n) is 13.4. The largest absolute Gasteiger partial charge is 0.362 e. The number of thiocarbonyl (C=S) groups is 2. The number of rotatable bonds is 6. The highest BCUT2D eigenvalue weighted by molar-refractivity contribution is 7.80. The van der Waals surface area contributed by atoms with E-state index in [1.165, 1.54) is 0 Å². The zero-order valence-corrected chi connectivity index (χ0v) is 15.0. The van der Waals surface area contributed by atoms with Crippen molar-refractivity contribution < 1.29 is 0 Å². The van der Waals surface area contributed by atoms with Gasteiger partial charge in [0, 0.05) is 19.3 Å². The van der Waals surface area contributed by atoms with Crippen LogP contribution < -0.4 is 21.5 Å². The summed E-state index contributed by atoms with van der Waals surface area (Å²) in [5.41, 5.74) is 7.42. The third-order valence-corrected chi connectivity index (χ3v) is 2.99. The number of pyridine rings is 1. The van der Waals surface area contributed by atoms with Crippen molar-refractivity contribution in [2.75, 3.05) is 13.1 Å². The second-order valence-electron chi connectivity index (χ2n) is 4.32. The van der Waals surface area contributed by atoms with Gasteiger partial charge in [-0.2, -0.15) is 10.2 Å². The molecule has 0 atom stereocenters. The summed E-state index contributed by atoms with van der Waals surface area (Å²) in [5.74, 6) is 0. The van der Waals surface area contributed by atoms with Gasteiger partial charge in [-0.1, -0.05) is 6.07 Å². The molecule has 9 heteroatoms. The van der Waals surface area contributed by atoms with Crippen LogP contribution in [0.2, 0.25) is 0 Å². The quantitative estimate of drug-likeness (QED) is 0.347. The zero-order chi connectivity index (χ0) is 17.1. The number of nitrogens with one attached hydrogen (secondary N) is 4. The third kappa shape index (κ3) is 7.11. The van der Waals surface area contributed by atoms with Gasteiger partial charge in [0.2, 0.25) is 0 Å². The van der Waals surface area contributed by atoms with Crippen LogP contribution in [0.4, 0.5) is 0 Å². The molecule has 0 fully saturated rings. The lowest BCUT2D eigenvalue weighted by molar-refractivity contribution is 0.896. The van der Waals surface area contributed by atoms with Crippen molar-refractivity contribution in [3.63, 3.8) is 0 Å². The van der Waals surface area contributed by atoms with Crippen molar-refractivity contribution in [1.82, 2.24) is 26.5 Å². The monoisotopic (exact) mass is 351 g/mol. The van der Waals surface area contributed by atoms with Gasteiger partial charge in [-0.3, -0.25) is 15.8 Å². The van der Waals surface area contributed by atoms with Gasteiger partial charge in [0.25, 0.3) is 0 Å². The number of hydrogen-bond acceptors (Lipinski definition) is 5. The van der Waals surface area contributed by atoms with Crippen molar-refractivity contribution in [3.8, 4) is 0 Å². The number of aromatic nitrogens is 1. The minimum Gasteiger partial charge on any atom is -0.362 e. The third-order valence-electron chi connectivity index (χ3n) is 2.52. The Morgan fingerprint density at radius 2 is 1.65 bits per heavy atom. The summed E-state index contributed by atoms with van der Waals surface area (Å²) in [6.45, 7) is 7.16. The van der Waals surface area contributed by atoms with Gasteiger partial charge >= 0.3 is 0 Å². The predicted octanol–water partition coefficient (Wildman–Crippen LogP) is 1.13. The van der Waals surface area contributed by atoms with Gasteiger partial charge < -0.3 is 10.6 Å². The molecule has 0 aliphatic rings. The van der Waals surface area contributed by atoms with E-state index in [1.54, 1.807) is 6.20 Å². The Balaban J connectivity index is 2.95. The summed E-state index contributed by atoms with van der Waals surface area (Å²) >= 11 is 10.2. The Labute approximate surface area is 147 Å². The molecule has 1 aromatic rings. The highest BCUT2D eigenvalue weighted by Gasteiger charge is 2.10. The van der Waals surface area contributed by atoms with Crippen LogP contribution in [-0.4, -0.2) is 39.7 Å². The highest BCUT2D eigenvalue weighted by Crippen LogP contribution is 1.99. The van der Waals surface area contributed by atoms with E-state index in [4.69, 9.17) is 24.4 Å². The van der Waals surface area contributed by atoms with Crippen LogP contribution in [0.25, 0.3) is 0 Å². The summed E-state index contributed by atoms with van der Waals surface area (Å²) in [6.07, 6.45) is 1.69. The first-order valence-electron chi connectivity index (χ1n) is 7.19. The molecule has 124 valence electrons. The minimum absolute atomic E-state index is 0.435. The molecular formula is C14H21N7S2. The van der Waals surface area contributed by atoms with E-state index in [0.717, 1.165) is 6.54 Å². The molecule has 0 aromatic carbocycles. The second-order valence-corrected chi connectivity index (χ2v) is 5.13. The van der Waals surface area contributed by atoms with E-state index in [1.807, 2.05) is 39.0 Å². The minimum atomic E-state index is 0.435. The fourth-order valence-electron chi connectivity index (χ4n) is 1.52. The number of hydrogen-bond donors (Lipinski definition) is 4. The van der Waals surface area contributed by atoms with E-state index in [9.17, 15) is 0 Å². The van der Waals surface area contributed by atoms with Gasteiger partial charge in [-0.15, -0.1) is 0 Å². The number of hydrazone groups is 2. The molecule has 0 saturated carbocycles. The first kappa shape index (κ1) is 18.9. The van der Waals surface area contributed by atoms with Crippen LogP contribution >= 0.6 is 24.4 Å². The normalized spacial score (nSPS) is 11.6. The molecule has 0 amide bonds. The van der Waals surface area contributed by atoms with Crippen molar-refractivity contribution in [2.24, 2.45) is 10.2 Å². The first-order valence-corrected chi connectivity index (χ1v) is 8.01. The second kappa shape index (κ2) is 10.6. The van der Waals surface area contributed by atoms with Gasteiger partial charge in [-0.05, 0) is 57.3 Å². The first-order chi connectivity index (χ1) is 11.1. The van der Waals surface area contributed by atoms with Crippen molar-refractivity contribution in [2.45, 2.75) is 20.8 Å². The van der Waals surface area contributed by atoms with Crippen LogP contribution in [0.5, 0.6) is 0 Å². The summed E-state index contributed by atoms with van der Waals surface area (Å²) in [7, 11) is 0. The lowest BCUT2D eigenvalue weighted by Crippen LogP contribution is -2.35. The molecule has 0 spiro atoms. The number of nitrogens with zero attached hydrogens (tertiary/aromatic N) is 3. The molecule has 1 heterocycles. The molecule has 23 heavy (non-hydrogen) atoms. The van der Waals surface area contributed by atoms with E-state index in [2.05, 4.69) is 36.7 Å². The molecule has 0 radical (unpaired) electrons. The maximum absolute atomic E-state index is 5.11. The molecule has 1 rings (SSSR count). The Morgan fingerprint density at radius 1 is 1.04 bits per heavy atom. The molecule has 0 aliphatic carbocycles. The van der Waals surface area contributed by atoms with Crippen LogP contribution in [0.15, 0.2) is 34.6 Å². The summed E-state index contributed by atoms with van der Waals surface area (Å²) in [4.78, 5) is 4.30. The Kier molecular flexibility index (Phi) is 8.70. The van der Waals surface area contributed by atoms with E-state index < -0.39 is 0 Å². The SMILES string of the molecule is CCNC(=S)N/N=C(\C(C)=N\NC(=S)NCC)c1ccccn1. The topological polar surface area (TPSA) is 85.7 Å². The summed E-state index contributed by atoms with van der Waals surface area (Å²) < 4.78 is 0. The van der Waals surface area contributed by atoms with Gasteiger partial charge in [0.05, 0.1) is 11.4 Å². The van der Waals surface area contributed by atoms with Crippen LogP contribution in [0.1, 0.15) is 26.5 Å². The Hall–Kier alpha value is -2.13. The predicted molar refractivity (Wildman–Crippen MR) is 103 cm³/mol. The van der Waals surface area contributed by atoms with Gasteiger partial charge in [-0.25, -0.2) is 0 Å². The van der Waals surface area contributed by atoms with Crippen molar-refractivity contribution in [1.29, 1.82) is 0 Å².